The summed E-state index contributed by atoms with van der Waals surface area (Å²) < 4.78 is 12.7. The lowest BCUT2D eigenvalue weighted by Crippen LogP contribution is -2.14. The predicted molar refractivity (Wildman–Crippen MR) is 75.1 cm³/mol. The van der Waals surface area contributed by atoms with E-state index in [1.165, 1.54) is 12.1 Å². The summed E-state index contributed by atoms with van der Waals surface area (Å²) in [6.45, 7) is 0.0887. The third kappa shape index (κ3) is 3.69. The SMILES string of the molecule is Nc1cc(Cl)cc(C(=O)CNc2ccc(F)cc2)c1. The second-order valence-electron chi connectivity index (χ2n) is 4.06. The first kappa shape index (κ1) is 13.4. The summed E-state index contributed by atoms with van der Waals surface area (Å²) in [6.07, 6.45) is 0. The van der Waals surface area contributed by atoms with Gasteiger partial charge >= 0.3 is 0 Å². The summed E-state index contributed by atoms with van der Waals surface area (Å²) in [5.74, 6) is -0.460. The Morgan fingerprint density at radius 1 is 1.21 bits per heavy atom. The average Bonchev–Trinajstić information content (AvgIpc) is 2.36. The van der Waals surface area contributed by atoms with Crippen molar-refractivity contribution >= 4 is 28.8 Å². The van der Waals surface area contributed by atoms with Crippen LogP contribution in [0.3, 0.4) is 0 Å². The van der Waals surface area contributed by atoms with Gasteiger partial charge in [-0.15, -0.1) is 0 Å². The monoisotopic (exact) mass is 278 g/mol. The van der Waals surface area contributed by atoms with Crippen LogP contribution in [0, 0.1) is 5.82 Å². The third-order valence-corrected chi connectivity index (χ3v) is 2.76. The number of nitrogens with one attached hydrogen (secondary N) is 1. The van der Waals surface area contributed by atoms with Crippen LogP contribution >= 0.6 is 11.6 Å². The summed E-state index contributed by atoms with van der Waals surface area (Å²) in [4.78, 5) is 11.9. The number of rotatable bonds is 4. The normalized spacial score (nSPS) is 10.2. The number of benzene rings is 2. The van der Waals surface area contributed by atoms with Crippen LogP contribution in [0.25, 0.3) is 0 Å². The zero-order valence-electron chi connectivity index (χ0n) is 9.99. The zero-order valence-corrected chi connectivity index (χ0v) is 10.7. The van der Waals surface area contributed by atoms with E-state index in [9.17, 15) is 9.18 Å². The van der Waals surface area contributed by atoms with Gasteiger partial charge in [-0.1, -0.05) is 11.6 Å². The molecule has 3 N–H and O–H groups in total. The van der Waals surface area contributed by atoms with E-state index in [-0.39, 0.29) is 18.1 Å². The Labute approximate surface area is 115 Å². The Morgan fingerprint density at radius 2 is 1.89 bits per heavy atom. The number of ketones is 1. The van der Waals surface area contributed by atoms with Crippen molar-refractivity contribution in [2.45, 2.75) is 0 Å². The van der Waals surface area contributed by atoms with Gasteiger partial charge in [0.05, 0.1) is 6.54 Å². The van der Waals surface area contributed by atoms with Crippen LogP contribution in [0.5, 0.6) is 0 Å². The smallest absolute Gasteiger partial charge is 0.181 e. The molecule has 0 aliphatic heterocycles. The molecule has 2 aromatic carbocycles. The Morgan fingerprint density at radius 3 is 2.53 bits per heavy atom. The van der Waals surface area contributed by atoms with Crippen LogP contribution in [0.4, 0.5) is 15.8 Å². The van der Waals surface area contributed by atoms with Crippen LogP contribution in [-0.2, 0) is 0 Å². The molecule has 0 spiro atoms. The highest BCUT2D eigenvalue weighted by atomic mass is 35.5. The van der Waals surface area contributed by atoms with Crippen molar-refractivity contribution in [2.24, 2.45) is 0 Å². The molecule has 2 rings (SSSR count). The Bertz CT molecular complexity index is 579. The first-order valence-electron chi connectivity index (χ1n) is 5.63. The lowest BCUT2D eigenvalue weighted by Gasteiger charge is -2.06. The number of anilines is 2. The van der Waals surface area contributed by atoms with Gasteiger partial charge in [0.15, 0.2) is 5.78 Å². The molecule has 0 unspecified atom stereocenters. The van der Waals surface area contributed by atoms with Crippen LogP contribution in [0.1, 0.15) is 10.4 Å². The molecule has 19 heavy (non-hydrogen) atoms. The maximum absolute atomic E-state index is 12.7. The van der Waals surface area contributed by atoms with Crippen LogP contribution in [0.2, 0.25) is 5.02 Å². The number of nitrogens with two attached hydrogens (primary N) is 1. The topological polar surface area (TPSA) is 55.1 Å². The molecule has 0 radical (unpaired) electrons. The molecule has 0 saturated heterocycles. The van der Waals surface area contributed by atoms with Crippen LogP contribution in [-0.4, -0.2) is 12.3 Å². The summed E-state index contributed by atoms with van der Waals surface area (Å²) in [5.41, 5.74) is 7.18. The molecule has 0 saturated carbocycles. The molecule has 5 heteroatoms. The van der Waals surface area contributed by atoms with Crippen molar-refractivity contribution in [2.75, 3.05) is 17.6 Å². The first-order valence-corrected chi connectivity index (χ1v) is 6.01. The number of carbonyl (C=O) groups excluding carboxylic acids is 1. The fraction of sp³-hybridized carbons (Fsp3) is 0.0714. The van der Waals surface area contributed by atoms with E-state index >= 15 is 0 Å². The van der Waals surface area contributed by atoms with E-state index < -0.39 is 0 Å². The first-order chi connectivity index (χ1) is 9.04. The molecule has 0 aliphatic carbocycles. The number of hydrogen-bond acceptors (Lipinski definition) is 3. The summed E-state index contributed by atoms with van der Waals surface area (Å²) >= 11 is 5.83. The molecule has 0 aliphatic rings. The molecule has 3 nitrogen and oxygen atoms in total. The summed E-state index contributed by atoms with van der Waals surface area (Å²) in [5, 5.41) is 3.33. The lowest BCUT2D eigenvalue weighted by molar-refractivity contribution is 0.101. The minimum atomic E-state index is -0.320. The fourth-order valence-corrected chi connectivity index (χ4v) is 1.87. The minimum Gasteiger partial charge on any atom is -0.399 e. The number of Topliss-reactive ketones (excluding diaryl/α,β-unsaturated/α-hetero) is 1. The molecule has 0 aromatic heterocycles. The van der Waals surface area contributed by atoms with Gasteiger partial charge in [0, 0.05) is 22.0 Å². The van der Waals surface area contributed by atoms with Gasteiger partial charge in [-0.25, -0.2) is 4.39 Å². The Balaban J connectivity index is 2.03. The fourth-order valence-electron chi connectivity index (χ4n) is 1.63. The highest BCUT2D eigenvalue weighted by Gasteiger charge is 2.07. The van der Waals surface area contributed by atoms with Crippen molar-refractivity contribution in [1.29, 1.82) is 0 Å². The van der Waals surface area contributed by atoms with Crippen molar-refractivity contribution in [1.82, 2.24) is 0 Å². The van der Waals surface area contributed by atoms with Crippen molar-refractivity contribution < 1.29 is 9.18 Å². The standard InChI is InChI=1S/C14H12ClFN2O/c15-10-5-9(6-12(17)7-10)14(19)8-18-13-3-1-11(16)2-4-13/h1-7,18H,8,17H2. The number of nitrogen functional groups attached to an aromatic ring is 1. The van der Waals surface area contributed by atoms with E-state index in [4.69, 9.17) is 17.3 Å². The van der Waals surface area contributed by atoms with Gasteiger partial charge in [-0.3, -0.25) is 4.79 Å². The van der Waals surface area contributed by atoms with E-state index in [1.807, 2.05) is 0 Å². The highest BCUT2D eigenvalue weighted by molar-refractivity contribution is 6.31. The maximum Gasteiger partial charge on any atom is 0.181 e. The zero-order chi connectivity index (χ0) is 13.8. The molecule has 98 valence electrons. The minimum absolute atomic E-state index is 0.0887. The number of halogens is 2. The lowest BCUT2D eigenvalue weighted by atomic mass is 10.1. The Hall–Kier alpha value is -2.07. The summed E-state index contributed by atoms with van der Waals surface area (Å²) in [7, 11) is 0. The Kier molecular flexibility index (Phi) is 4.02. The molecule has 0 bridgehead atoms. The maximum atomic E-state index is 12.7. The largest absolute Gasteiger partial charge is 0.399 e. The van der Waals surface area contributed by atoms with Gasteiger partial charge < -0.3 is 11.1 Å². The highest BCUT2D eigenvalue weighted by Crippen LogP contribution is 2.17. The molecule has 2 aromatic rings. The molecule has 0 atom stereocenters. The van der Waals surface area contributed by atoms with Gasteiger partial charge in [0.25, 0.3) is 0 Å². The van der Waals surface area contributed by atoms with Gasteiger partial charge in [0.1, 0.15) is 5.82 Å². The quantitative estimate of drug-likeness (QED) is 0.666. The second-order valence-corrected chi connectivity index (χ2v) is 4.49. The van der Waals surface area contributed by atoms with Crippen molar-refractivity contribution in [3.8, 4) is 0 Å². The predicted octanol–water partition coefficient (Wildman–Crippen LogP) is 3.36. The van der Waals surface area contributed by atoms with Gasteiger partial charge in [0.2, 0.25) is 0 Å². The molecule has 0 heterocycles. The molecule has 0 fully saturated rings. The molecular formula is C14H12ClFN2O. The third-order valence-electron chi connectivity index (χ3n) is 2.54. The molecule has 0 amide bonds. The second kappa shape index (κ2) is 5.71. The molecular weight excluding hydrogens is 267 g/mol. The van der Waals surface area contributed by atoms with E-state index in [2.05, 4.69) is 5.32 Å². The van der Waals surface area contributed by atoms with Gasteiger partial charge in [-0.2, -0.15) is 0 Å². The van der Waals surface area contributed by atoms with Crippen molar-refractivity contribution in [3.63, 3.8) is 0 Å². The van der Waals surface area contributed by atoms with E-state index in [1.54, 1.807) is 30.3 Å². The van der Waals surface area contributed by atoms with E-state index in [0.717, 1.165) is 0 Å². The average molecular weight is 279 g/mol. The van der Waals surface area contributed by atoms with Gasteiger partial charge in [-0.05, 0) is 42.5 Å². The van der Waals surface area contributed by atoms with Crippen LogP contribution < -0.4 is 11.1 Å². The summed E-state index contributed by atoms with van der Waals surface area (Å²) in [6, 6.07) is 10.5. The van der Waals surface area contributed by atoms with E-state index in [0.29, 0.717) is 22.0 Å². The van der Waals surface area contributed by atoms with Crippen molar-refractivity contribution in [3.05, 3.63) is 58.9 Å². The van der Waals surface area contributed by atoms with Crippen LogP contribution in [0.15, 0.2) is 42.5 Å². The number of carbonyl (C=O) groups is 1. The number of hydrogen-bond donors (Lipinski definition) is 2.